The van der Waals surface area contributed by atoms with Gasteiger partial charge in [0.1, 0.15) is 12.4 Å². The summed E-state index contributed by atoms with van der Waals surface area (Å²) in [6, 6.07) is 2.42. The molecule has 1 aromatic rings. The van der Waals surface area contributed by atoms with Crippen molar-refractivity contribution in [2.24, 2.45) is 5.73 Å². The van der Waals surface area contributed by atoms with Gasteiger partial charge in [-0.2, -0.15) is 5.10 Å². The Kier molecular flexibility index (Phi) is 2.39. The van der Waals surface area contributed by atoms with E-state index in [2.05, 4.69) is 10.4 Å². The van der Waals surface area contributed by atoms with Crippen LogP contribution in [0.5, 0.6) is 0 Å². The predicted octanol–water partition coefficient (Wildman–Crippen LogP) is 0.333. The van der Waals surface area contributed by atoms with Gasteiger partial charge in [-0.25, -0.2) is 0 Å². The van der Waals surface area contributed by atoms with E-state index in [9.17, 15) is 4.79 Å². The first kappa shape index (κ1) is 9.05. The molecule has 5 heteroatoms. The Morgan fingerprint density at radius 1 is 1.71 bits per heavy atom. The summed E-state index contributed by atoms with van der Waals surface area (Å²) < 4.78 is 1.54. The van der Waals surface area contributed by atoms with Crippen LogP contribution in [0.4, 0.5) is 5.82 Å². The Hall–Kier alpha value is -1.52. The van der Waals surface area contributed by atoms with Crippen molar-refractivity contribution in [2.75, 3.05) is 5.32 Å². The minimum Gasteiger partial charge on any atom is -0.368 e. The summed E-state index contributed by atoms with van der Waals surface area (Å²) in [5.74, 6) is 0.458. The van der Waals surface area contributed by atoms with Crippen molar-refractivity contribution in [3.63, 3.8) is 0 Å². The first-order valence-corrected chi connectivity index (χ1v) is 4.82. The lowest BCUT2D eigenvalue weighted by Gasteiger charge is -2.26. The molecule has 5 nitrogen and oxygen atoms in total. The quantitative estimate of drug-likeness (QED) is 0.725. The highest BCUT2D eigenvalue weighted by Gasteiger charge is 2.17. The normalized spacial score (nSPS) is 16.3. The van der Waals surface area contributed by atoms with Crippen molar-refractivity contribution < 1.29 is 4.79 Å². The molecule has 0 saturated heterocycles. The van der Waals surface area contributed by atoms with E-state index in [0.717, 1.165) is 5.82 Å². The second kappa shape index (κ2) is 3.69. The molecule has 76 valence electrons. The molecule has 1 saturated carbocycles. The summed E-state index contributed by atoms with van der Waals surface area (Å²) in [6.45, 7) is 0.145. The van der Waals surface area contributed by atoms with Crippen LogP contribution in [0.25, 0.3) is 0 Å². The first-order chi connectivity index (χ1) is 6.74. The molecule has 14 heavy (non-hydrogen) atoms. The number of amides is 1. The third-order valence-corrected chi connectivity index (χ3v) is 2.42. The summed E-state index contributed by atoms with van der Waals surface area (Å²) in [4.78, 5) is 10.6. The Morgan fingerprint density at radius 2 is 2.50 bits per heavy atom. The molecule has 0 radical (unpaired) electrons. The van der Waals surface area contributed by atoms with Gasteiger partial charge in [-0.05, 0) is 19.3 Å². The van der Waals surface area contributed by atoms with E-state index in [-0.39, 0.29) is 12.5 Å². The van der Waals surface area contributed by atoms with E-state index in [1.807, 2.05) is 6.07 Å². The first-order valence-electron chi connectivity index (χ1n) is 4.82. The fourth-order valence-corrected chi connectivity index (χ4v) is 1.45. The molecule has 1 aliphatic carbocycles. The van der Waals surface area contributed by atoms with Crippen LogP contribution in [0, 0.1) is 0 Å². The van der Waals surface area contributed by atoms with Gasteiger partial charge < -0.3 is 11.1 Å². The van der Waals surface area contributed by atoms with Crippen LogP contribution in [0.2, 0.25) is 0 Å². The molecular formula is C9H14N4O. The Morgan fingerprint density at radius 3 is 3.07 bits per heavy atom. The van der Waals surface area contributed by atoms with E-state index < -0.39 is 0 Å². The van der Waals surface area contributed by atoms with E-state index in [1.54, 1.807) is 10.9 Å². The minimum absolute atomic E-state index is 0.145. The van der Waals surface area contributed by atoms with Gasteiger partial charge in [0.15, 0.2) is 0 Å². The summed E-state index contributed by atoms with van der Waals surface area (Å²) in [6.07, 6.45) is 5.47. The van der Waals surface area contributed by atoms with Crippen molar-refractivity contribution in [2.45, 2.75) is 31.8 Å². The Bertz CT molecular complexity index is 329. The molecule has 0 aromatic carbocycles. The number of anilines is 1. The Labute approximate surface area is 82.3 Å². The van der Waals surface area contributed by atoms with Gasteiger partial charge in [-0.3, -0.25) is 9.48 Å². The molecule has 1 heterocycles. The highest BCUT2D eigenvalue weighted by molar-refractivity contribution is 5.73. The van der Waals surface area contributed by atoms with Crippen LogP contribution in [0.3, 0.4) is 0 Å². The number of hydrogen-bond acceptors (Lipinski definition) is 3. The maximum atomic E-state index is 10.6. The molecule has 0 atom stereocenters. The number of hydrogen-bond donors (Lipinski definition) is 2. The van der Waals surface area contributed by atoms with Crippen molar-refractivity contribution in [1.29, 1.82) is 0 Å². The van der Waals surface area contributed by atoms with E-state index >= 15 is 0 Å². The van der Waals surface area contributed by atoms with Crippen LogP contribution in [-0.2, 0) is 11.3 Å². The number of nitrogens with two attached hydrogens (primary N) is 1. The second-order valence-electron chi connectivity index (χ2n) is 3.64. The Balaban J connectivity index is 1.91. The van der Waals surface area contributed by atoms with Gasteiger partial charge >= 0.3 is 0 Å². The number of carbonyl (C=O) groups is 1. The van der Waals surface area contributed by atoms with Crippen molar-refractivity contribution >= 4 is 11.7 Å². The standard InChI is InChI=1S/C9H14N4O/c10-8(14)6-13-5-4-9(12-13)11-7-2-1-3-7/h4-5,7H,1-3,6H2,(H2,10,14)(H,11,12). The fourth-order valence-electron chi connectivity index (χ4n) is 1.45. The summed E-state index contributed by atoms with van der Waals surface area (Å²) >= 11 is 0. The van der Waals surface area contributed by atoms with Crippen molar-refractivity contribution in [3.05, 3.63) is 12.3 Å². The average molecular weight is 194 g/mol. The van der Waals surface area contributed by atoms with Crippen LogP contribution < -0.4 is 11.1 Å². The zero-order chi connectivity index (χ0) is 9.97. The van der Waals surface area contributed by atoms with Gasteiger partial charge in [0.2, 0.25) is 5.91 Å². The topological polar surface area (TPSA) is 72.9 Å². The van der Waals surface area contributed by atoms with Crippen molar-refractivity contribution in [1.82, 2.24) is 9.78 Å². The van der Waals surface area contributed by atoms with Crippen LogP contribution in [-0.4, -0.2) is 21.7 Å². The number of nitrogens with one attached hydrogen (secondary N) is 1. The van der Waals surface area contributed by atoms with Gasteiger partial charge in [-0.15, -0.1) is 0 Å². The lowest BCUT2D eigenvalue weighted by atomic mass is 9.93. The minimum atomic E-state index is -0.372. The lowest BCUT2D eigenvalue weighted by molar-refractivity contribution is -0.118. The van der Waals surface area contributed by atoms with Crippen LogP contribution in [0.15, 0.2) is 12.3 Å². The van der Waals surface area contributed by atoms with Crippen LogP contribution in [0.1, 0.15) is 19.3 Å². The monoisotopic (exact) mass is 194 g/mol. The number of nitrogens with zero attached hydrogens (tertiary/aromatic N) is 2. The molecule has 0 unspecified atom stereocenters. The van der Waals surface area contributed by atoms with Crippen molar-refractivity contribution in [3.8, 4) is 0 Å². The van der Waals surface area contributed by atoms with Gasteiger partial charge in [0.05, 0.1) is 0 Å². The zero-order valence-electron chi connectivity index (χ0n) is 7.94. The molecule has 0 bridgehead atoms. The van der Waals surface area contributed by atoms with E-state index in [4.69, 9.17) is 5.73 Å². The molecule has 1 fully saturated rings. The maximum Gasteiger partial charge on any atom is 0.239 e. The van der Waals surface area contributed by atoms with E-state index in [0.29, 0.717) is 6.04 Å². The average Bonchev–Trinajstić information content (AvgIpc) is 2.44. The summed E-state index contributed by atoms with van der Waals surface area (Å²) in [5.41, 5.74) is 5.05. The smallest absolute Gasteiger partial charge is 0.239 e. The predicted molar refractivity (Wildman–Crippen MR) is 52.7 cm³/mol. The SMILES string of the molecule is NC(=O)Cn1ccc(NC2CCC2)n1. The number of rotatable bonds is 4. The molecule has 2 rings (SSSR count). The van der Waals surface area contributed by atoms with Gasteiger partial charge in [0.25, 0.3) is 0 Å². The van der Waals surface area contributed by atoms with Gasteiger partial charge in [0, 0.05) is 18.3 Å². The summed E-state index contributed by atoms with van der Waals surface area (Å²) in [7, 11) is 0. The number of carbonyl (C=O) groups excluding carboxylic acids is 1. The zero-order valence-corrected chi connectivity index (χ0v) is 7.94. The van der Waals surface area contributed by atoms with E-state index in [1.165, 1.54) is 19.3 Å². The van der Waals surface area contributed by atoms with Crippen LogP contribution >= 0.6 is 0 Å². The third kappa shape index (κ3) is 2.04. The highest BCUT2D eigenvalue weighted by Crippen LogP contribution is 2.21. The largest absolute Gasteiger partial charge is 0.368 e. The molecule has 1 aromatic heterocycles. The fraction of sp³-hybridized carbons (Fsp3) is 0.556. The number of primary amides is 1. The molecule has 1 amide bonds. The molecule has 1 aliphatic rings. The maximum absolute atomic E-state index is 10.6. The lowest BCUT2D eigenvalue weighted by Crippen LogP contribution is -2.27. The molecule has 0 aliphatic heterocycles. The number of aromatic nitrogens is 2. The van der Waals surface area contributed by atoms with Gasteiger partial charge in [-0.1, -0.05) is 0 Å². The second-order valence-corrected chi connectivity index (χ2v) is 3.64. The summed E-state index contributed by atoms with van der Waals surface area (Å²) in [5, 5.41) is 7.46. The molecule has 3 N–H and O–H groups in total. The molecular weight excluding hydrogens is 180 g/mol. The third-order valence-electron chi connectivity index (χ3n) is 2.42. The highest BCUT2D eigenvalue weighted by atomic mass is 16.1. The molecule has 0 spiro atoms.